The minimum absolute atomic E-state index is 0.671. The molecule has 3 aromatic rings. The Labute approximate surface area is 119 Å². The van der Waals surface area contributed by atoms with E-state index in [4.69, 9.17) is 11.6 Å². The maximum absolute atomic E-state index is 6.21. The van der Waals surface area contributed by atoms with Crippen LogP contribution >= 0.6 is 23.3 Å². The molecule has 2 heterocycles. The van der Waals surface area contributed by atoms with Crippen molar-refractivity contribution in [1.29, 1.82) is 0 Å². The summed E-state index contributed by atoms with van der Waals surface area (Å²) in [6, 6.07) is 5.74. The predicted molar refractivity (Wildman–Crippen MR) is 77.8 cm³/mol. The summed E-state index contributed by atoms with van der Waals surface area (Å²) in [5.41, 5.74) is 3.74. The summed E-state index contributed by atoms with van der Waals surface area (Å²) in [5, 5.41) is 8.15. The number of hydrogen-bond acceptors (Lipinski definition) is 5. The van der Waals surface area contributed by atoms with E-state index in [1.54, 1.807) is 6.20 Å². The maximum Gasteiger partial charge on any atom is 0.129 e. The SMILES string of the molecule is Cn1nccc1CCNc1c(Cl)ccc2nsnc12. The number of hydrogen-bond donors (Lipinski definition) is 1. The number of anilines is 1. The Hall–Kier alpha value is -1.66. The van der Waals surface area contributed by atoms with E-state index in [0.717, 1.165) is 29.7 Å². The first-order valence-corrected chi connectivity index (χ1v) is 6.98. The number of nitrogens with zero attached hydrogens (tertiary/aromatic N) is 4. The summed E-state index contributed by atoms with van der Waals surface area (Å²) < 4.78 is 10.4. The number of benzene rings is 1. The van der Waals surface area contributed by atoms with Crippen LogP contribution in [0.15, 0.2) is 24.4 Å². The van der Waals surface area contributed by atoms with Crippen molar-refractivity contribution in [2.24, 2.45) is 7.05 Å². The van der Waals surface area contributed by atoms with E-state index in [1.165, 1.54) is 17.4 Å². The quantitative estimate of drug-likeness (QED) is 0.803. The molecule has 0 saturated heterocycles. The number of aryl methyl sites for hydroxylation is 1. The molecule has 1 aromatic carbocycles. The van der Waals surface area contributed by atoms with Crippen molar-refractivity contribution >= 4 is 40.0 Å². The lowest BCUT2D eigenvalue weighted by atomic mass is 10.2. The molecule has 0 amide bonds. The van der Waals surface area contributed by atoms with Crippen molar-refractivity contribution in [1.82, 2.24) is 18.5 Å². The van der Waals surface area contributed by atoms with Gasteiger partial charge >= 0.3 is 0 Å². The normalized spacial score (nSPS) is 11.1. The van der Waals surface area contributed by atoms with E-state index >= 15 is 0 Å². The third kappa shape index (κ3) is 2.41. The number of fused-ring (bicyclic) bond motifs is 1. The Morgan fingerprint density at radius 2 is 2.21 bits per heavy atom. The Kier molecular flexibility index (Phi) is 3.35. The average molecular weight is 294 g/mol. The number of rotatable bonds is 4. The van der Waals surface area contributed by atoms with Crippen LogP contribution < -0.4 is 5.32 Å². The highest BCUT2D eigenvalue weighted by atomic mass is 35.5. The Morgan fingerprint density at radius 3 is 3.00 bits per heavy atom. The van der Waals surface area contributed by atoms with E-state index in [2.05, 4.69) is 19.2 Å². The first kappa shape index (κ1) is 12.4. The number of nitrogens with one attached hydrogen (secondary N) is 1. The minimum atomic E-state index is 0.671. The molecule has 0 spiro atoms. The van der Waals surface area contributed by atoms with E-state index in [1.807, 2.05) is 29.9 Å². The molecule has 0 aliphatic heterocycles. The zero-order chi connectivity index (χ0) is 13.2. The molecule has 5 nitrogen and oxygen atoms in total. The van der Waals surface area contributed by atoms with Gasteiger partial charge in [-0.25, -0.2) is 0 Å². The highest BCUT2D eigenvalue weighted by Gasteiger charge is 2.09. The van der Waals surface area contributed by atoms with Crippen molar-refractivity contribution < 1.29 is 0 Å². The minimum Gasteiger partial charge on any atom is -0.382 e. The summed E-state index contributed by atoms with van der Waals surface area (Å²) in [7, 11) is 1.94. The standard InChI is InChI=1S/C12H12ClN5S/c1-18-8(5-7-15-18)4-6-14-11-9(13)2-3-10-12(11)17-19-16-10/h2-3,5,7,14H,4,6H2,1H3. The third-order valence-electron chi connectivity index (χ3n) is 2.98. The molecule has 2 aromatic heterocycles. The van der Waals surface area contributed by atoms with Gasteiger partial charge in [0, 0.05) is 31.9 Å². The van der Waals surface area contributed by atoms with Crippen LogP contribution in [0.5, 0.6) is 0 Å². The van der Waals surface area contributed by atoms with Crippen LogP contribution in [0, 0.1) is 0 Å². The summed E-state index contributed by atoms with van der Waals surface area (Å²) in [6.07, 6.45) is 2.67. The Balaban J connectivity index is 1.76. The van der Waals surface area contributed by atoms with Gasteiger partial charge in [-0.05, 0) is 18.2 Å². The van der Waals surface area contributed by atoms with Crippen LogP contribution in [-0.4, -0.2) is 25.1 Å². The number of aromatic nitrogens is 4. The van der Waals surface area contributed by atoms with Gasteiger partial charge in [0.05, 0.1) is 22.4 Å². The van der Waals surface area contributed by atoms with Crippen molar-refractivity contribution in [3.05, 3.63) is 35.1 Å². The second-order valence-electron chi connectivity index (χ2n) is 4.18. The molecule has 0 saturated carbocycles. The molecule has 98 valence electrons. The summed E-state index contributed by atoms with van der Waals surface area (Å²) in [6.45, 7) is 0.774. The largest absolute Gasteiger partial charge is 0.382 e. The molecule has 0 unspecified atom stereocenters. The molecular formula is C12H12ClN5S. The van der Waals surface area contributed by atoms with Crippen molar-refractivity contribution in [3.63, 3.8) is 0 Å². The van der Waals surface area contributed by atoms with E-state index in [9.17, 15) is 0 Å². The fourth-order valence-electron chi connectivity index (χ4n) is 1.96. The first-order chi connectivity index (χ1) is 9.25. The molecule has 0 radical (unpaired) electrons. The zero-order valence-corrected chi connectivity index (χ0v) is 11.9. The maximum atomic E-state index is 6.21. The van der Waals surface area contributed by atoms with Crippen LogP contribution in [0.4, 0.5) is 5.69 Å². The van der Waals surface area contributed by atoms with E-state index in [-0.39, 0.29) is 0 Å². The lowest BCUT2D eigenvalue weighted by Crippen LogP contribution is -2.09. The van der Waals surface area contributed by atoms with Gasteiger partial charge in [0.1, 0.15) is 11.0 Å². The lowest BCUT2D eigenvalue weighted by Gasteiger charge is -2.08. The van der Waals surface area contributed by atoms with E-state index < -0.39 is 0 Å². The fourth-order valence-corrected chi connectivity index (χ4v) is 2.72. The molecule has 19 heavy (non-hydrogen) atoms. The fraction of sp³-hybridized carbons (Fsp3) is 0.250. The zero-order valence-electron chi connectivity index (χ0n) is 10.3. The second-order valence-corrected chi connectivity index (χ2v) is 5.11. The van der Waals surface area contributed by atoms with Crippen LogP contribution in [0.2, 0.25) is 5.02 Å². The molecule has 1 N–H and O–H groups in total. The topological polar surface area (TPSA) is 55.6 Å². The Bertz CT molecular complexity index is 705. The molecule has 0 bridgehead atoms. The van der Waals surface area contributed by atoms with E-state index in [0.29, 0.717) is 5.02 Å². The van der Waals surface area contributed by atoms with Gasteiger partial charge in [-0.3, -0.25) is 4.68 Å². The van der Waals surface area contributed by atoms with Gasteiger partial charge in [-0.15, -0.1) is 0 Å². The summed E-state index contributed by atoms with van der Waals surface area (Å²) in [5.74, 6) is 0. The van der Waals surface area contributed by atoms with Crippen LogP contribution in [-0.2, 0) is 13.5 Å². The predicted octanol–water partition coefficient (Wildman–Crippen LogP) is 2.73. The molecule has 3 rings (SSSR count). The van der Waals surface area contributed by atoms with Gasteiger partial charge in [-0.2, -0.15) is 13.8 Å². The van der Waals surface area contributed by atoms with Crippen LogP contribution in [0.25, 0.3) is 11.0 Å². The molecule has 0 aliphatic carbocycles. The van der Waals surface area contributed by atoms with Gasteiger partial charge < -0.3 is 5.32 Å². The smallest absolute Gasteiger partial charge is 0.129 e. The molecular weight excluding hydrogens is 282 g/mol. The molecule has 7 heteroatoms. The molecule has 0 aliphatic rings. The average Bonchev–Trinajstić information content (AvgIpc) is 3.01. The van der Waals surface area contributed by atoms with Gasteiger partial charge in [0.25, 0.3) is 0 Å². The van der Waals surface area contributed by atoms with Crippen LogP contribution in [0.3, 0.4) is 0 Å². The number of halogens is 1. The molecule has 0 atom stereocenters. The monoisotopic (exact) mass is 293 g/mol. The Morgan fingerprint density at radius 1 is 1.32 bits per heavy atom. The van der Waals surface area contributed by atoms with Crippen LogP contribution in [0.1, 0.15) is 5.69 Å². The second kappa shape index (κ2) is 5.14. The highest BCUT2D eigenvalue weighted by molar-refractivity contribution is 7.00. The molecule has 0 fully saturated rings. The third-order valence-corrected chi connectivity index (χ3v) is 3.84. The first-order valence-electron chi connectivity index (χ1n) is 5.87. The van der Waals surface area contributed by atoms with Gasteiger partial charge in [-0.1, -0.05) is 11.6 Å². The highest BCUT2D eigenvalue weighted by Crippen LogP contribution is 2.29. The van der Waals surface area contributed by atoms with Crippen molar-refractivity contribution in [2.45, 2.75) is 6.42 Å². The van der Waals surface area contributed by atoms with Crippen molar-refractivity contribution in [2.75, 3.05) is 11.9 Å². The van der Waals surface area contributed by atoms with Gasteiger partial charge in [0.2, 0.25) is 0 Å². The summed E-state index contributed by atoms with van der Waals surface area (Å²) in [4.78, 5) is 0. The van der Waals surface area contributed by atoms with Crippen molar-refractivity contribution in [3.8, 4) is 0 Å². The lowest BCUT2D eigenvalue weighted by molar-refractivity contribution is 0.711. The van der Waals surface area contributed by atoms with Gasteiger partial charge in [0.15, 0.2) is 0 Å². The summed E-state index contributed by atoms with van der Waals surface area (Å²) >= 11 is 7.41.